The molecule has 1 atom stereocenters. The summed E-state index contributed by atoms with van der Waals surface area (Å²) in [5.41, 5.74) is 1.47. The van der Waals surface area contributed by atoms with Gasteiger partial charge in [0, 0.05) is 30.0 Å². The third-order valence-corrected chi connectivity index (χ3v) is 2.94. The number of benzene rings is 1. The second-order valence-electron chi connectivity index (χ2n) is 4.68. The zero-order chi connectivity index (χ0) is 14.8. The van der Waals surface area contributed by atoms with Gasteiger partial charge in [-0.2, -0.15) is 5.26 Å². The van der Waals surface area contributed by atoms with Gasteiger partial charge in [0.05, 0.1) is 6.07 Å². The number of hydrogen-bond acceptors (Lipinski definition) is 2. The topological polar surface area (TPSA) is 52.9 Å². The molecule has 1 N–H and O–H groups in total. The molecule has 0 bridgehead atoms. The highest BCUT2D eigenvalue weighted by atomic mass is 16.1. The van der Waals surface area contributed by atoms with Crippen LogP contribution in [-0.2, 0) is 0 Å². The average Bonchev–Trinajstić information content (AvgIpc) is 2.47. The van der Waals surface area contributed by atoms with Gasteiger partial charge in [-0.05, 0) is 38.0 Å². The van der Waals surface area contributed by atoms with Crippen LogP contribution in [0.2, 0.25) is 0 Å². The molecule has 1 aromatic carbocycles. The Bertz CT molecular complexity index is 546. The molecule has 104 valence electrons. The normalized spacial score (nSPS) is 10.8. The van der Waals surface area contributed by atoms with E-state index in [0.717, 1.165) is 18.4 Å². The highest BCUT2D eigenvalue weighted by Gasteiger charge is 2.08. The van der Waals surface area contributed by atoms with Gasteiger partial charge < -0.3 is 5.32 Å². The highest BCUT2D eigenvalue weighted by molar-refractivity contribution is 5.94. The summed E-state index contributed by atoms with van der Waals surface area (Å²) in [5.74, 6) is 5.99. The Labute approximate surface area is 121 Å². The minimum atomic E-state index is -0.0625. The van der Waals surface area contributed by atoms with Crippen LogP contribution < -0.4 is 5.32 Å². The van der Waals surface area contributed by atoms with Gasteiger partial charge in [0.25, 0.3) is 5.91 Å². The van der Waals surface area contributed by atoms with Crippen molar-refractivity contribution in [2.75, 3.05) is 0 Å². The number of carbonyl (C=O) groups is 1. The summed E-state index contributed by atoms with van der Waals surface area (Å²) in [5, 5.41) is 11.4. The van der Waals surface area contributed by atoms with Crippen LogP contribution in [0.1, 0.15) is 55.5 Å². The standard InChI is InChI=1S/C17H20N2O/c1-3-14(2)19-17(20)16-11-8-10-15(13-16)9-6-4-5-7-12-18/h8,10-11,13-14H,3-5,7H2,1-2H3,(H,19,20). The predicted octanol–water partition coefficient (Wildman–Crippen LogP) is 3.26. The van der Waals surface area contributed by atoms with Crippen LogP contribution in [0.25, 0.3) is 0 Å². The molecule has 0 fully saturated rings. The summed E-state index contributed by atoms with van der Waals surface area (Å²) in [6.07, 6.45) is 2.94. The number of unbranched alkanes of at least 4 members (excludes halogenated alkanes) is 2. The van der Waals surface area contributed by atoms with Crippen molar-refractivity contribution in [1.29, 1.82) is 5.26 Å². The lowest BCUT2D eigenvalue weighted by molar-refractivity contribution is 0.0939. The molecule has 0 aromatic heterocycles. The fraction of sp³-hybridized carbons (Fsp3) is 0.412. The van der Waals surface area contributed by atoms with Crippen molar-refractivity contribution >= 4 is 5.91 Å². The second-order valence-corrected chi connectivity index (χ2v) is 4.68. The van der Waals surface area contributed by atoms with Crippen LogP contribution in [0, 0.1) is 23.2 Å². The zero-order valence-electron chi connectivity index (χ0n) is 12.1. The Kier molecular flexibility index (Phi) is 6.93. The van der Waals surface area contributed by atoms with Crippen LogP contribution >= 0.6 is 0 Å². The molecular formula is C17H20N2O. The number of hydrogen-bond donors (Lipinski definition) is 1. The third kappa shape index (κ3) is 5.59. The molecule has 0 spiro atoms. The fourth-order valence-electron chi connectivity index (χ4n) is 1.57. The monoisotopic (exact) mass is 268 g/mol. The summed E-state index contributed by atoms with van der Waals surface area (Å²) in [6.45, 7) is 4.02. The van der Waals surface area contributed by atoms with Gasteiger partial charge in [-0.1, -0.05) is 24.8 Å². The number of carbonyl (C=O) groups excluding carboxylic acids is 1. The molecule has 0 aliphatic carbocycles. The van der Waals surface area contributed by atoms with E-state index in [9.17, 15) is 4.79 Å². The maximum Gasteiger partial charge on any atom is 0.251 e. The van der Waals surface area contributed by atoms with Gasteiger partial charge in [0.15, 0.2) is 0 Å². The van der Waals surface area contributed by atoms with E-state index in [1.54, 1.807) is 12.1 Å². The molecular weight excluding hydrogens is 248 g/mol. The Hall–Kier alpha value is -2.26. The second kappa shape index (κ2) is 8.77. The van der Waals surface area contributed by atoms with E-state index in [1.165, 1.54) is 0 Å². The minimum absolute atomic E-state index is 0.0625. The number of rotatable bonds is 5. The summed E-state index contributed by atoms with van der Waals surface area (Å²) in [7, 11) is 0. The molecule has 3 nitrogen and oxygen atoms in total. The van der Waals surface area contributed by atoms with Gasteiger partial charge >= 0.3 is 0 Å². The molecule has 0 heterocycles. The number of nitrogens with zero attached hydrogens (tertiary/aromatic N) is 1. The van der Waals surface area contributed by atoms with Gasteiger partial charge in [-0.15, -0.1) is 0 Å². The van der Waals surface area contributed by atoms with E-state index in [-0.39, 0.29) is 11.9 Å². The lowest BCUT2D eigenvalue weighted by Crippen LogP contribution is -2.31. The van der Waals surface area contributed by atoms with E-state index < -0.39 is 0 Å². The fourth-order valence-corrected chi connectivity index (χ4v) is 1.57. The van der Waals surface area contributed by atoms with Crippen molar-refractivity contribution in [3.05, 3.63) is 35.4 Å². The summed E-state index contributed by atoms with van der Waals surface area (Å²) >= 11 is 0. The van der Waals surface area contributed by atoms with Gasteiger partial charge in [0.2, 0.25) is 0 Å². The number of nitriles is 1. The lowest BCUT2D eigenvalue weighted by atomic mass is 10.1. The van der Waals surface area contributed by atoms with Crippen molar-refractivity contribution < 1.29 is 4.79 Å². The zero-order valence-corrected chi connectivity index (χ0v) is 12.1. The molecule has 0 saturated carbocycles. The third-order valence-electron chi connectivity index (χ3n) is 2.94. The lowest BCUT2D eigenvalue weighted by Gasteiger charge is -2.11. The Balaban J connectivity index is 2.66. The molecule has 0 aliphatic rings. The molecule has 0 aliphatic heterocycles. The van der Waals surface area contributed by atoms with Crippen LogP contribution in [-0.4, -0.2) is 11.9 Å². The van der Waals surface area contributed by atoms with E-state index in [2.05, 4.69) is 23.2 Å². The molecule has 1 unspecified atom stereocenters. The van der Waals surface area contributed by atoms with Gasteiger partial charge in [-0.25, -0.2) is 0 Å². The largest absolute Gasteiger partial charge is 0.350 e. The number of amides is 1. The molecule has 1 aromatic rings. The summed E-state index contributed by atoms with van der Waals surface area (Å²) in [4.78, 5) is 12.0. The van der Waals surface area contributed by atoms with Gasteiger partial charge in [0.1, 0.15) is 0 Å². The molecule has 0 saturated heterocycles. The van der Waals surface area contributed by atoms with Crippen LogP contribution in [0.15, 0.2) is 24.3 Å². The van der Waals surface area contributed by atoms with Crippen molar-refractivity contribution in [3.8, 4) is 17.9 Å². The molecule has 20 heavy (non-hydrogen) atoms. The van der Waals surface area contributed by atoms with Crippen molar-refractivity contribution in [2.45, 2.75) is 45.6 Å². The van der Waals surface area contributed by atoms with E-state index in [0.29, 0.717) is 18.4 Å². The minimum Gasteiger partial charge on any atom is -0.350 e. The SMILES string of the molecule is CCC(C)NC(=O)c1cccc(C#CCCCC#N)c1. The average molecular weight is 268 g/mol. The Morgan fingerprint density at radius 2 is 2.20 bits per heavy atom. The molecule has 1 amide bonds. The quantitative estimate of drug-likeness (QED) is 0.658. The molecule has 1 rings (SSSR count). The predicted molar refractivity (Wildman–Crippen MR) is 80.0 cm³/mol. The maximum absolute atomic E-state index is 12.0. The van der Waals surface area contributed by atoms with Crippen molar-refractivity contribution in [3.63, 3.8) is 0 Å². The first-order chi connectivity index (χ1) is 9.67. The van der Waals surface area contributed by atoms with Crippen LogP contribution in [0.5, 0.6) is 0 Å². The van der Waals surface area contributed by atoms with Crippen LogP contribution in [0.3, 0.4) is 0 Å². The summed E-state index contributed by atoms with van der Waals surface area (Å²) < 4.78 is 0. The number of nitrogens with one attached hydrogen (secondary N) is 1. The first kappa shape index (κ1) is 15.8. The summed E-state index contributed by atoms with van der Waals surface area (Å²) in [6, 6.07) is 9.58. The Morgan fingerprint density at radius 1 is 1.40 bits per heavy atom. The van der Waals surface area contributed by atoms with Crippen LogP contribution in [0.4, 0.5) is 0 Å². The van der Waals surface area contributed by atoms with E-state index in [4.69, 9.17) is 5.26 Å². The van der Waals surface area contributed by atoms with Crippen molar-refractivity contribution in [1.82, 2.24) is 5.32 Å². The smallest absolute Gasteiger partial charge is 0.251 e. The molecule has 3 heteroatoms. The maximum atomic E-state index is 12.0. The first-order valence-electron chi connectivity index (χ1n) is 6.94. The molecule has 0 radical (unpaired) electrons. The van der Waals surface area contributed by atoms with E-state index >= 15 is 0 Å². The highest BCUT2D eigenvalue weighted by Crippen LogP contribution is 2.05. The first-order valence-corrected chi connectivity index (χ1v) is 6.94. The van der Waals surface area contributed by atoms with Crippen molar-refractivity contribution in [2.24, 2.45) is 0 Å². The van der Waals surface area contributed by atoms with Gasteiger partial charge in [-0.3, -0.25) is 4.79 Å². The Morgan fingerprint density at radius 3 is 2.90 bits per heavy atom. The van der Waals surface area contributed by atoms with E-state index in [1.807, 2.05) is 26.0 Å².